The second-order valence-corrected chi connectivity index (χ2v) is 5.07. The van der Waals surface area contributed by atoms with Gasteiger partial charge in [0.15, 0.2) is 6.10 Å². The minimum absolute atomic E-state index is 0.0966. The van der Waals surface area contributed by atoms with Crippen LogP contribution in [0.3, 0.4) is 0 Å². The molecule has 1 unspecified atom stereocenters. The summed E-state index contributed by atoms with van der Waals surface area (Å²) in [5, 5.41) is 9.04. The first kappa shape index (κ1) is 14.4. The molecule has 0 fully saturated rings. The van der Waals surface area contributed by atoms with Crippen molar-refractivity contribution in [3.05, 3.63) is 24.0 Å². The van der Waals surface area contributed by atoms with Gasteiger partial charge in [-0.3, -0.25) is 0 Å². The SMILES string of the molecule is CCSCCCn1ccc(C(O)C(F)(F)F)c1. The van der Waals surface area contributed by atoms with Crippen LogP contribution in [0, 0.1) is 0 Å². The zero-order valence-corrected chi connectivity index (χ0v) is 10.4. The third-order valence-electron chi connectivity index (χ3n) is 2.31. The first-order valence-electron chi connectivity index (χ1n) is 5.43. The van der Waals surface area contributed by atoms with Crippen LogP contribution in [0.25, 0.3) is 0 Å². The number of aromatic nitrogens is 1. The average molecular weight is 267 g/mol. The first-order valence-corrected chi connectivity index (χ1v) is 6.58. The van der Waals surface area contributed by atoms with Crippen molar-refractivity contribution in [2.24, 2.45) is 0 Å². The number of nitrogens with zero attached hydrogens (tertiary/aromatic N) is 1. The lowest BCUT2D eigenvalue weighted by Crippen LogP contribution is -2.19. The van der Waals surface area contributed by atoms with E-state index in [2.05, 4.69) is 6.92 Å². The summed E-state index contributed by atoms with van der Waals surface area (Å²) in [5.41, 5.74) is -0.0966. The molecular weight excluding hydrogens is 251 g/mol. The van der Waals surface area contributed by atoms with E-state index in [1.165, 1.54) is 12.3 Å². The molecule has 0 bridgehead atoms. The van der Waals surface area contributed by atoms with E-state index < -0.39 is 12.3 Å². The Morgan fingerprint density at radius 2 is 2.18 bits per heavy atom. The van der Waals surface area contributed by atoms with Gasteiger partial charge >= 0.3 is 6.18 Å². The topological polar surface area (TPSA) is 25.2 Å². The van der Waals surface area contributed by atoms with Crippen molar-refractivity contribution in [1.82, 2.24) is 4.57 Å². The third-order valence-corrected chi connectivity index (χ3v) is 3.29. The lowest BCUT2D eigenvalue weighted by Gasteiger charge is -2.12. The molecule has 1 aromatic heterocycles. The van der Waals surface area contributed by atoms with Gasteiger partial charge in [-0.05, 0) is 24.0 Å². The molecule has 0 saturated heterocycles. The van der Waals surface area contributed by atoms with E-state index >= 15 is 0 Å². The maximum atomic E-state index is 12.2. The number of alkyl halides is 3. The molecule has 0 aliphatic carbocycles. The molecule has 0 spiro atoms. The number of aryl methyl sites for hydroxylation is 1. The van der Waals surface area contributed by atoms with Crippen LogP contribution in [0.5, 0.6) is 0 Å². The summed E-state index contributed by atoms with van der Waals surface area (Å²) in [6, 6.07) is 1.31. The second-order valence-electron chi connectivity index (χ2n) is 3.68. The molecule has 0 aromatic carbocycles. The lowest BCUT2D eigenvalue weighted by molar-refractivity contribution is -0.206. The maximum absolute atomic E-state index is 12.2. The summed E-state index contributed by atoms with van der Waals surface area (Å²) in [4.78, 5) is 0. The summed E-state index contributed by atoms with van der Waals surface area (Å²) in [6.45, 7) is 2.75. The number of thioether (sulfide) groups is 1. The Balaban J connectivity index is 2.48. The van der Waals surface area contributed by atoms with E-state index in [4.69, 9.17) is 5.11 Å². The van der Waals surface area contributed by atoms with Gasteiger partial charge in [-0.15, -0.1) is 0 Å². The smallest absolute Gasteiger partial charge is 0.379 e. The fourth-order valence-corrected chi connectivity index (χ4v) is 2.06. The van der Waals surface area contributed by atoms with Crippen molar-refractivity contribution < 1.29 is 18.3 Å². The monoisotopic (exact) mass is 267 g/mol. The number of hydrogen-bond acceptors (Lipinski definition) is 2. The van der Waals surface area contributed by atoms with E-state index in [1.807, 2.05) is 0 Å². The van der Waals surface area contributed by atoms with E-state index in [9.17, 15) is 13.2 Å². The van der Waals surface area contributed by atoms with Gasteiger partial charge in [-0.1, -0.05) is 6.92 Å². The molecule has 0 radical (unpaired) electrons. The molecule has 1 rings (SSSR count). The molecule has 0 saturated carbocycles. The van der Waals surface area contributed by atoms with Gasteiger partial charge in [-0.25, -0.2) is 0 Å². The van der Waals surface area contributed by atoms with Crippen LogP contribution in [0.4, 0.5) is 13.2 Å². The molecule has 1 heterocycles. The number of halogens is 3. The minimum atomic E-state index is -4.59. The minimum Gasteiger partial charge on any atom is -0.379 e. The second kappa shape index (κ2) is 6.35. The molecule has 17 heavy (non-hydrogen) atoms. The Kier molecular flexibility index (Phi) is 5.39. The Hall–Kier alpha value is -0.620. The summed E-state index contributed by atoms with van der Waals surface area (Å²) >= 11 is 1.80. The van der Waals surface area contributed by atoms with Crippen molar-refractivity contribution in [2.45, 2.75) is 32.2 Å². The van der Waals surface area contributed by atoms with Gasteiger partial charge in [-0.2, -0.15) is 24.9 Å². The highest BCUT2D eigenvalue weighted by Gasteiger charge is 2.39. The Morgan fingerprint density at radius 1 is 1.47 bits per heavy atom. The van der Waals surface area contributed by atoms with E-state index in [0.717, 1.165) is 17.9 Å². The fourth-order valence-electron chi connectivity index (χ4n) is 1.44. The largest absolute Gasteiger partial charge is 0.418 e. The molecule has 1 atom stereocenters. The third kappa shape index (κ3) is 4.63. The lowest BCUT2D eigenvalue weighted by atomic mass is 10.2. The van der Waals surface area contributed by atoms with Gasteiger partial charge in [0.25, 0.3) is 0 Å². The Bertz CT molecular complexity index is 338. The highest BCUT2D eigenvalue weighted by molar-refractivity contribution is 7.99. The van der Waals surface area contributed by atoms with Crippen molar-refractivity contribution in [1.29, 1.82) is 0 Å². The number of aliphatic hydroxyl groups excluding tert-OH is 1. The van der Waals surface area contributed by atoms with Crippen molar-refractivity contribution in [2.75, 3.05) is 11.5 Å². The molecule has 0 amide bonds. The predicted octanol–water partition coefficient (Wildman–Crippen LogP) is 3.23. The molecule has 1 aromatic rings. The molecule has 0 aliphatic rings. The predicted molar refractivity (Wildman–Crippen MR) is 63.1 cm³/mol. The van der Waals surface area contributed by atoms with Crippen molar-refractivity contribution in [3.8, 4) is 0 Å². The quantitative estimate of drug-likeness (QED) is 0.801. The van der Waals surface area contributed by atoms with Crippen molar-refractivity contribution >= 4 is 11.8 Å². The summed E-state index contributed by atoms with van der Waals surface area (Å²) < 4.78 is 38.4. The zero-order valence-electron chi connectivity index (χ0n) is 9.57. The molecule has 6 heteroatoms. The normalized spacial score (nSPS) is 13.9. The van der Waals surface area contributed by atoms with E-state index in [1.54, 1.807) is 22.5 Å². The van der Waals surface area contributed by atoms with Gasteiger partial charge in [0.05, 0.1) is 0 Å². The number of hydrogen-bond donors (Lipinski definition) is 1. The van der Waals surface area contributed by atoms with Gasteiger partial charge in [0.1, 0.15) is 0 Å². The van der Waals surface area contributed by atoms with Gasteiger partial charge in [0.2, 0.25) is 0 Å². The molecule has 98 valence electrons. The zero-order chi connectivity index (χ0) is 12.9. The van der Waals surface area contributed by atoms with Gasteiger partial charge in [0, 0.05) is 24.5 Å². The van der Waals surface area contributed by atoms with Crippen molar-refractivity contribution in [3.63, 3.8) is 0 Å². The summed E-state index contributed by atoms with van der Waals surface area (Å²) in [5.74, 6) is 2.04. The Morgan fingerprint density at radius 3 is 2.76 bits per heavy atom. The molecule has 0 aliphatic heterocycles. The highest BCUT2D eigenvalue weighted by Crippen LogP contribution is 2.32. The first-order chi connectivity index (χ1) is 7.95. The summed E-state index contributed by atoms with van der Waals surface area (Å²) in [7, 11) is 0. The average Bonchev–Trinajstić information content (AvgIpc) is 2.70. The standard InChI is InChI=1S/C11H16F3NOS/c1-2-17-7-3-5-15-6-4-9(8-15)10(16)11(12,13)14/h4,6,8,10,16H,2-3,5,7H2,1H3. The van der Waals surface area contributed by atoms with Crippen LogP contribution in [0.15, 0.2) is 18.5 Å². The molecule has 1 N–H and O–H groups in total. The van der Waals surface area contributed by atoms with Crippen LogP contribution < -0.4 is 0 Å². The molecule has 2 nitrogen and oxygen atoms in total. The Labute approximate surface area is 103 Å². The van der Waals surface area contributed by atoms with E-state index in [0.29, 0.717) is 6.54 Å². The number of rotatable bonds is 6. The van der Waals surface area contributed by atoms with Crippen LogP contribution >= 0.6 is 11.8 Å². The van der Waals surface area contributed by atoms with Gasteiger partial charge < -0.3 is 9.67 Å². The van der Waals surface area contributed by atoms with Crippen LogP contribution in [-0.4, -0.2) is 27.4 Å². The van der Waals surface area contributed by atoms with E-state index in [-0.39, 0.29) is 5.56 Å². The maximum Gasteiger partial charge on any atom is 0.418 e. The van der Waals surface area contributed by atoms with Crippen LogP contribution in [0.1, 0.15) is 25.0 Å². The summed E-state index contributed by atoms with van der Waals surface area (Å²) in [6.07, 6.45) is -3.14. The number of aliphatic hydroxyl groups is 1. The van der Waals surface area contributed by atoms with Crippen LogP contribution in [0.2, 0.25) is 0 Å². The van der Waals surface area contributed by atoms with Crippen LogP contribution in [-0.2, 0) is 6.54 Å². The highest BCUT2D eigenvalue weighted by atomic mass is 32.2. The molecular formula is C11H16F3NOS. The fraction of sp³-hybridized carbons (Fsp3) is 0.636.